The van der Waals surface area contributed by atoms with Gasteiger partial charge in [0.2, 0.25) is 0 Å². The fourth-order valence-corrected chi connectivity index (χ4v) is 4.60. The van der Waals surface area contributed by atoms with E-state index in [0.717, 1.165) is 37.3 Å². The molecule has 7 heteroatoms. The molecule has 1 amide bonds. The second-order valence-corrected chi connectivity index (χ2v) is 8.03. The quantitative estimate of drug-likeness (QED) is 0.653. The molecule has 27 heavy (non-hydrogen) atoms. The van der Waals surface area contributed by atoms with Gasteiger partial charge >= 0.3 is 0 Å². The highest BCUT2D eigenvalue weighted by atomic mass is 16.7. The summed E-state index contributed by atoms with van der Waals surface area (Å²) in [4.78, 5) is 20.3. The molecular formula is C20H32N2O5. The first kappa shape index (κ1) is 20.3. The smallest absolute Gasteiger partial charge is 0.283 e. The monoisotopic (exact) mass is 380 g/mol. The minimum Gasteiger partial charge on any atom is -0.485 e. The van der Waals surface area contributed by atoms with Crippen LogP contribution in [0, 0.1) is 5.92 Å². The molecule has 3 rings (SSSR count). The lowest BCUT2D eigenvalue weighted by atomic mass is 9.79. The Kier molecular flexibility index (Phi) is 5.96. The summed E-state index contributed by atoms with van der Waals surface area (Å²) in [7, 11) is 1.42. The van der Waals surface area contributed by atoms with Crippen molar-refractivity contribution in [3.05, 3.63) is 23.6 Å². The number of carbonyl (C=O) groups excluding carboxylic acids is 1. The molecule has 1 saturated heterocycles. The summed E-state index contributed by atoms with van der Waals surface area (Å²) < 4.78 is 6.14. The predicted octanol–water partition coefficient (Wildman–Crippen LogP) is 1.57. The zero-order chi connectivity index (χ0) is 19.8. The van der Waals surface area contributed by atoms with E-state index in [4.69, 9.17) is 9.57 Å². The van der Waals surface area contributed by atoms with E-state index < -0.39 is 17.7 Å². The topological polar surface area (TPSA) is 82.5 Å². The molecule has 2 N–H and O–H groups in total. The van der Waals surface area contributed by atoms with E-state index >= 15 is 0 Å². The molecule has 0 aliphatic carbocycles. The van der Waals surface area contributed by atoms with E-state index in [2.05, 4.69) is 18.4 Å². The van der Waals surface area contributed by atoms with E-state index in [1.165, 1.54) is 7.11 Å². The second kappa shape index (κ2) is 7.91. The van der Waals surface area contributed by atoms with E-state index in [1.807, 2.05) is 0 Å². The van der Waals surface area contributed by atoms with Gasteiger partial charge in [-0.05, 0) is 38.6 Å². The molecule has 3 aliphatic heterocycles. The Balaban J connectivity index is 1.97. The third kappa shape index (κ3) is 3.42. The summed E-state index contributed by atoms with van der Waals surface area (Å²) in [5, 5.41) is 22.2. The number of aliphatic hydroxyl groups excluding tert-OH is 1. The van der Waals surface area contributed by atoms with Gasteiger partial charge in [0, 0.05) is 13.2 Å². The molecule has 3 heterocycles. The van der Waals surface area contributed by atoms with Gasteiger partial charge in [0.05, 0.1) is 18.7 Å². The molecule has 3 aliphatic rings. The van der Waals surface area contributed by atoms with Crippen LogP contribution < -0.4 is 0 Å². The Morgan fingerprint density at radius 3 is 2.74 bits per heavy atom. The fourth-order valence-electron chi connectivity index (χ4n) is 4.60. The van der Waals surface area contributed by atoms with Gasteiger partial charge in [-0.1, -0.05) is 26.3 Å². The summed E-state index contributed by atoms with van der Waals surface area (Å²) in [5.74, 6) is 0.263. The van der Waals surface area contributed by atoms with Crippen LogP contribution in [0.25, 0.3) is 0 Å². The van der Waals surface area contributed by atoms with Gasteiger partial charge in [0.1, 0.15) is 17.4 Å². The Morgan fingerprint density at radius 1 is 1.41 bits per heavy atom. The number of hydroxylamine groups is 2. The SMILES string of the molecule is C=C1C2=C(C(=O)N1OC)[C@@H](N1CC[C@H](CO)C1)[C@@](C)(O)[C@H](CCCCC)O2. The van der Waals surface area contributed by atoms with Crippen molar-refractivity contribution in [3.8, 4) is 0 Å². The number of likely N-dealkylation sites (tertiary alicyclic amines) is 1. The molecule has 7 nitrogen and oxygen atoms in total. The third-order valence-electron chi connectivity index (χ3n) is 6.10. The molecule has 0 radical (unpaired) electrons. The first-order valence-corrected chi connectivity index (χ1v) is 9.92. The summed E-state index contributed by atoms with van der Waals surface area (Å²) in [6, 6.07) is -0.506. The Morgan fingerprint density at radius 2 is 2.15 bits per heavy atom. The molecule has 0 aromatic carbocycles. The average molecular weight is 380 g/mol. The van der Waals surface area contributed by atoms with Gasteiger partial charge in [0.15, 0.2) is 5.76 Å². The lowest BCUT2D eigenvalue weighted by Crippen LogP contribution is -2.61. The van der Waals surface area contributed by atoms with E-state index in [0.29, 0.717) is 30.0 Å². The standard InChI is InChI=1S/C20H32N2O5/c1-5-6-7-8-15-20(3,25)18(21-10-9-14(11-21)12-23)16-17(27-15)13(2)22(26-4)19(16)24/h14-15,18,23,25H,2,5-12H2,1,3-4H3/t14-,15-,18+,20-/m0/s1. The van der Waals surface area contributed by atoms with Crippen molar-refractivity contribution in [3.63, 3.8) is 0 Å². The third-order valence-corrected chi connectivity index (χ3v) is 6.10. The Labute approximate surface area is 161 Å². The number of hydrogen-bond donors (Lipinski definition) is 2. The molecule has 152 valence electrons. The lowest BCUT2D eigenvalue weighted by molar-refractivity contribution is -0.159. The van der Waals surface area contributed by atoms with Crippen LogP contribution in [-0.2, 0) is 14.4 Å². The largest absolute Gasteiger partial charge is 0.485 e. The molecular weight excluding hydrogens is 348 g/mol. The maximum Gasteiger partial charge on any atom is 0.283 e. The number of rotatable bonds is 7. The molecule has 0 unspecified atom stereocenters. The van der Waals surface area contributed by atoms with Crippen LogP contribution in [0.5, 0.6) is 0 Å². The van der Waals surface area contributed by atoms with Crippen LogP contribution in [0.2, 0.25) is 0 Å². The number of amides is 1. The zero-order valence-electron chi connectivity index (χ0n) is 16.6. The maximum absolute atomic E-state index is 13.0. The summed E-state index contributed by atoms with van der Waals surface area (Å²) in [6.07, 6.45) is 4.21. The van der Waals surface area contributed by atoms with Crippen LogP contribution >= 0.6 is 0 Å². The van der Waals surface area contributed by atoms with Crippen molar-refractivity contribution in [1.29, 1.82) is 0 Å². The maximum atomic E-state index is 13.0. The highest BCUT2D eigenvalue weighted by molar-refractivity contribution is 6.00. The molecule has 0 aromatic heterocycles. The van der Waals surface area contributed by atoms with Crippen molar-refractivity contribution in [1.82, 2.24) is 9.96 Å². The zero-order valence-corrected chi connectivity index (χ0v) is 16.6. The van der Waals surface area contributed by atoms with Crippen molar-refractivity contribution >= 4 is 5.91 Å². The van der Waals surface area contributed by atoms with Gasteiger partial charge in [-0.25, -0.2) is 0 Å². The molecule has 4 atom stereocenters. The van der Waals surface area contributed by atoms with Crippen molar-refractivity contribution < 1.29 is 24.6 Å². The van der Waals surface area contributed by atoms with E-state index in [9.17, 15) is 15.0 Å². The highest BCUT2D eigenvalue weighted by Gasteiger charge is 2.57. The summed E-state index contributed by atoms with van der Waals surface area (Å²) in [6.45, 7) is 9.33. The normalized spacial score (nSPS) is 34.4. The number of unbranched alkanes of at least 4 members (excludes halogenated alkanes) is 2. The van der Waals surface area contributed by atoms with E-state index in [-0.39, 0.29) is 18.4 Å². The molecule has 0 bridgehead atoms. The van der Waals surface area contributed by atoms with Gasteiger partial charge in [-0.15, -0.1) is 0 Å². The Hall–Kier alpha value is -1.41. The minimum absolute atomic E-state index is 0.110. The first-order valence-electron chi connectivity index (χ1n) is 9.92. The summed E-state index contributed by atoms with van der Waals surface area (Å²) in [5.41, 5.74) is -0.426. The number of carbonyl (C=O) groups is 1. The lowest BCUT2D eigenvalue weighted by Gasteiger charge is -2.47. The molecule has 0 saturated carbocycles. The molecule has 0 spiro atoms. The van der Waals surface area contributed by atoms with Crippen LogP contribution in [0.4, 0.5) is 0 Å². The van der Waals surface area contributed by atoms with Crippen molar-refractivity contribution in [2.75, 3.05) is 26.8 Å². The first-order chi connectivity index (χ1) is 12.9. The fraction of sp³-hybridized carbons (Fsp3) is 0.750. The van der Waals surface area contributed by atoms with Gasteiger partial charge in [-0.3, -0.25) is 14.5 Å². The van der Waals surface area contributed by atoms with Crippen LogP contribution in [-0.4, -0.2) is 70.6 Å². The van der Waals surface area contributed by atoms with Gasteiger partial charge in [0.25, 0.3) is 5.91 Å². The van der Waals surface area contributed by atoms with Gasteiger partial charge in [-0.2, -0.15) is 5.06 Å². The number of hydrogen-bond acceptors (Lipinski definition) is 6. The minimum atomic E-state index is -1.23. The highest BCUT2D eigenvalue weighted by Crippen LogP contribution is 2.45. The molecule has 0 aromatic rings. The van der Waals surface area contributed by atoms with Crippen molar-refractivity contribution in [2.24, 2.45) is 5.92 Å². The van der Waals surface area contributed by atoms with Crippen molar-refractivity contribution in [2.45, 2.75) is 63.7 Å². The average Bonchev–Trinajstić information content (AvgIpc) is 3.19. The second-order valence-electron chi connectivity index (χ2n) is 8.03. The molecule has 1 fully saturated rings. The number of aliphatic hydroxyl groups is 2. The van der Waals surface area contributed by atoms with Crippen LogP contribution in [0.3, 0.4) is 0 Å². The van der Waals surface area contributed by atoms with Gasteiger partial charge < -0.3 is 14.9 Å². The number of nitrogens with zero attached hydrogens (tertiary/aromatic N) is 2. The Bertz CT molecular complexity index is 630. The van der Waals surface area contributed by atoms with Crippen LogP contribution in [0.15, 0.2) is 23.6 Å². The predicted molar refractivity (Wildman–Crippen MR) is 100 cm³/mol. The van der Waals surface area contributed by atoms with Crippen LogP contribution in [0.1, 0.15) is 46.0 Å². The van der Waals surface area contributed by atoms with E-state index in [1.54, 1.807) is 6.92 Å². The number of ether oxygens (including phenoxy) is 1. The summed E-state index contributed by atoms with van der Waals surface area (Å²) >= 11 is 0.